The van der Waals surface area contributed by atoms with E-state index in [4.69, 9.17) is 0 Å². The van der Waals surface area contributed by atoms with Crippen molar-refractivity contribution in [1.82, 2.24) is 25.6 Å². The Morgan fingerprint density at radius 2 is 1.44 bits per heavy atom. The highest BCUT2D eigenvalue weighted by Crippen LogP contribution is 2.40. The summed E-state index contributed by atoms with van der Waals surface area (Å²) in [4.78, 5) is 8.53. The lowest BCUT2D eigenvalue weighted by atomic mass is 10.0. The van der Waals surface area contributed by atoms with Crippen molar-refractivity contribution in [2.75, 3.05) is 22.9 Å². The number of para-hydroxylation sites is 1. The van der Waals surface area contributed by atoms with Crippen molar-refractivity contribution in [2.45, 2.75) is 51.1 Å². The topological polar surface area (TPSA) is 73.8 Å². The molecular weight excluding hydrogens is 548 g/mol. The summed E-state index contributed by atoms with van der Waals surface area (Å²) in [5.74, 6) is 1.23. The molecule has 13 heteroatoms. The summed E-state index contributed by atoms with van der Waals surface area (Å²) in [5, 5.41) is 14.9. The van der Waals surface area contributed by atoms with Crippen LogP contribution in [0.1, 0.15) is 47.9 Å². The van der Waals surface area contributed by atoms with Crippen LogP contribution in [0.15, 0.2) is 48.7 Å². The van der Waals surface area contributed by atoms with Gasteiger partial charge in [-0.05, 0) is 72.6 Å². The van der Waals surface area contributed by atoms with E-state index < -0.39 is 23.5 Å². The zero-order valence-corrected chi connectivity index (χ0v) is 21.9. The van der Waals surface area contributed by atoms with Crippen molar-refractivity contribution < 1.29 is 26.3 Å². The van der Waals surface area contributed by atoms with Gasteiger partial charge >= 0.3 is 12.4 Å². The number of anilines is 2. The van der Waals surface area contributed by atoms with Crippen molar-refractivity contribution in [3.63, 3.8) is 0 Å². The van der Waals surface area contributed by atoms with Crippen LogP contribution in [0.3, 0.4) is 0 Å². The molecule has 0 bridgehead atoms. The van der Waals surface area contributed by atoms with Crippen LogP contribution in [0.5, 0.6) is 0 Å². The number of hydrogen-bond donors (Lipinski definition) is 1. The van der Waals surface area contributed by atoms with Crippen LogP contribution in [0.4, 0.5) is 38.0 Å². The largest absolute Gasteiger partial charge is 0.416 e. The zero-order chi connectivity index (χ0) is 28.8. The number of hydrogen-bond acceptors (Lipinski definition) is 6. The van der Waals surface area contributed by atoms with E-state index in [2.05, 4.69) is 30.5 Å². The Labute approximate surface area is 231 Å². The molecule has 6 rings (SSSR count). The average Bonchev–Trinajstić information content (AvgIpc) is 3.86. The molecule has 2 aliphatic carbocycles. The van der Waals surface area contributed by atoms with Crippen molar-refractivity contribution in [2.24, 2.45) is 11.8 Å². The minimum absolute atomic E-state index is 0.0472. The Bertz CT molecular complexity index is 1460. The van der Waals surface area contributed by atoms with Gasteiger partial charge in [0.2, 0.25) is 0 Å². The Balaban J connectivity index is 1.41. The Kier molecular flexibility index (Phi) is 6.98. The molecule has 0 radical (unpaired) electrons. The molecule has 2 saturated carbocycles. The zero-order valence-electron chi connectivity index (χ0n) is 21.9. The first kappa shape index (κ1) is 27.3. The van der Waals surface area contributed by atoms with Crippen LogP contribution >= 0.6 is 0 Å². The van der Waals surface area contributed by atoms with E-state index in [0.29, 0.717) is 11.8 Å². The van der Waals surface area contributed by atoms with Crippen LogP contribution in [-0.2, 0) is 25.4 Å². The van der Waals surface area contributed by atoms with Crippen LogP contribution in [0, 0.1) is 11.8 Å². The first-order valence-electron chi connectivity index (χ1n) is 13.4. The lowest BCUT2D eigenvalue weighted by molar-refractivity contribution is -0.143. The number of nitrogens with one attached hydrogen (secondary N) is 1. The second kappa shape index (κ2) is 10.5. The summed E-state index contributed by atoms with van der Waals surface area (Å²) < 4.78 is 81.4. The second-order valence-corrected chi connectivity index (χ2v) is 10.9. The molecule has 0 aliphatic heterocycles. The summed E-state index contributed by atoms with van der Waals surface area (Å²) in [6, 6.07) is 9.34. The summed E-state index contributed by atoms with van der Waals surface area (Å²) in [6.07, 6.45) is -3.54. The predicted octanol–water partition coefficient (Wildman–Crippen LogP) is 6.62. The standard InChI is InChI=1S/C28H27F6N7/c29-27(30,31)21-9-19(10-22(11-21)28(32,33)34)15-41(26-36-38-39-37-26)16-20-12-35-24-4-2-1-3-23(24)25(20)40(13-17-5-6-17)14-18-7-8-18/h1-4,9-12,17-18H,5-8,13-16H2,(H,36,37,38,39). The van der Waals surface area contributed by atoms with Gasteiger partial charge in [0.1, 0.15) is 0 Å². The molecule has 216 valence electrons. The van der Waals surface area contributed by atoms with E-state index in [1.165, 1.54) is 4.90 Å². The SMILES string of the molecule is FC(F)(F)c1cc(CN(Cc2cnc3ccccc3c2N(CC2CC2)CC2CC2)c2nn[nH]n2)cc(C(F)(F)F)c1. The minimum atomic E-state index is -4.95. The van der Waals surface area contributed by atoms with Crippen molar-refractivity contribution in [3.8, 4) is 0 Å². The molecule has 0 unspecified atom stereocenters. The quantitative estimate of drug-likeness (QED) is 0.214. The molecule has 2 aliphatic rings. The van der Waals surface area contributed by atoms with Gasteiger partial charge in [0.25, 0.3) is 5.95 Å². The highest BCUT2D eigenvalue weighted by Gasteiger charge is 2.37. The third-order valence-corrected chi connectivity index (χ3v) is 7.49. The van der Waals surface area contributed by atoms with E-state index in [1.54, 1.807) is 6.20 Å². The maximum Gasteiger partial charge on any atom is 0.416 e. The Morgan fingerprint density at radius 1 is 0.805 bits per heavy atom. The maximum atomic E-state index is 13.6. The van der Waals surface area contributed by atoms with E-state index in [0.717, 1.165) is 73.1 Å². The smallest absolute Gasteiger partial charge is 0.370 e. The first-order valence-corrected chi connectivity index (χ1v) is 13.4. The molecule has 4 aromatic rings. The van der Waals surface area contributed by atoms with Crippen molar-refractivity contribution in [3.05, 3.63) is 70.9 Å². The fourth-order valence-corrected chi connectivity index (χ4v) is 5.16. The van der Waals surface area contributed by atoms with Gasteiger partial charge < -0.3 is 9.80 Å². The Morgan fingerprint density at radius 3 is 2.00 bits per heavy atom. The van der Waals surface area contributed by atoms with E-state index in [1.807, 2.05) is 24.3 Å². The summed E-state index contributed by atoms with van der Waals surface area (Å²) in [6.45, 7) is 1.53. The molecule has 2 heterocycles. The van der Waals surface area contributed by atoms with Crippen LogP contribution < -0.4 is 9.80 Å². The van der Waals surface area contributed by atoms with Gasteiger partial charge in [-0.1, -0.05) is 23.3 Å². The fourth-order valence-electron chi connectivity index (χ4n) is 5.16. The number of rotatable bonds is 10. The van der Waals surface area contributed by atoms with E-state index in [-0.39, 0.29) is 30.7 Å². The molecule has 7 nitrogen and oxygen atoms in total. The maximum absolute atomic E-state index is 13.6. The lowest BCUT2D eigenvalue weighted by Gasteiger charge is -2.30. The number of fused-ring (bicyclic) bond motifs is 1. The third-order valence-electron chi connectivity index (χ3n) is 7.49. The Hall–Kier alpha value is -3.90. The molecule has 2 aromatic heterocycles. The van der Waals surface area contributed by atoms with E-state index >= 15 is 0 Å². The number of benzene rings is 2. The highest BCUT2D eigenvalue weighted by atomic mass is 19.4. The monoisotopic (exact) mass is 575 g/mol. The number of aromatic amines is 1. The van der Waals surface area contributed by atoms with Gasteiger partial charge in [0.15, 0.2) is 0 Å². The molecule has 2 fully saturated rings. The number of halogens is 6. The number of nitrogens with zero attached hydrogens (tertiary/aromatic N) is 6. The van der Waals surface area contributed by atoms with Gasteiger partial charge in [0, 0.05) is 43.3 Å². The van der Waals surface area contributed by atoms with Crippen molar-refractivity contribution in [1.29, 1.82) is 0 Å². The minimum Gasteiger partial charge on any atom is -0.370 e. The second-order valence-electron chi connectivity index (χ2n) is 10.9. The number of tetrazole rings is 1. The molecule has 0 atom stereocenters. The fraction of sp³-hybridized carbons (Fsp3) is 0.429. The predicted molar refractivity (Wildman–Crippen MR) is 140 cm³/mol. The van der Waals surface area contributed by atoms with Gasteiger partial charge in [0.05, 0.1) is 22.3 Å². The third kappa shape index (κ3) is 6.38. The molecule has 0 amide bonds. The van der Waals surface area contributed by atoms with Gasteiger partial charge in [-0.15, -0.1) is 5.10 Å². The normalized spacial score (nSPS) is 15.9. The van der Waals surface area contributed by atoms with Crippen LogP contribution in [0.2, 0.25) is 0 Å². The highest BCUT2D eigenvalue weighted by molar-refractivity contribution is 5.93. The molecule has 0 spiro atoms. The summed E-state index contributed by atoms with van der Waals surface area (Å²) >= 11 is 0. The molecule has 0 saturated heterocycles. The number of pyridine rings is 1. The number of alkyl halides is 6. The van der Waals surface area contributed by atoms with Gasteiger partial charge in [-0.25, -0.2) is 0 Å². The number of aromatic nitrogens is 5. The summed E-state index contributed by atoms with van der Waals surface area (Å²) in [5.41, 5.74) is -0.366. The van der Waals surface area contributed by atoms with Gasteiger partial charge in [-0.2, -0.15) is 31.6 Å². The van der Waals surface area contributed by atoms with Gasteiger partial charge in [-0.3, -0.25) is 4.98 Å². The first-order chi connectivity index (χ1) is 19.5. The van der Waals surface area contributed by atoms with Crippen molar-refractivity contribution >= 4 is 22.5 Å². The molecule has 41 heavy (non-hydrogen) atoms. The van der Waals surface area contributed by atoms with Crippen LogP contribution in [0.25, 0.3) is 10.9 Å². The lowest BCUT2D eigenvalue weighted by Crippen LogP contribution is -2.31. The summed E-state index contributed by atoms with van der Waals surface area (Å²) in [7, 11) is 0. The average molecular weight is 576 g/mol. The molecule has 1 N–H and O–H groups in total. The molecular formula is C28H27F6N7. The molecule has 2 aromatic carbocycles. The number of H-pyrrole nitrogens is 1. The van der Waals surface area contributed by atoms with Crippen LogP contribution in [-0.4, -0.2) is 38.7 Å². The van der Waals surface area contributed by atoms with E-state index in [9.17, 15) is 26.3 Å².